The summed E-state index contributed by atoms with van der Waals surface area (Å²) in [7, 11) is 0. The average Bonchev–Trinajstić information content (AvgIpc) is 3.15. The summed E-state index contributed by atoms with van der Waals surface area (Å²) in [5, 5.41) is 4.10. The average molecular weight is 333 g/mol. The summed E-state index contributed by atoms with van der Waals surface area (Å²) in [4.78, 5) is 23.4. The lowest BCUT2D eigenvalue weighted by Gasteiger charge is -2.19. The van der Waals surface area contributed by atoms with Gasteiger partial charge in [0.05, 0.1) is 17.0 Å². The highest BCUT2D eigenvalue weighted by Crippen LogP contribution is 2.31. The molecule has 0 unspecified atom stereocenters. The summed E-state index contributed by atoms with van der Waals surface area (Å²) < 4.78 is 5.66. The number of rotatable bonds is 4. The number of fused-ring (bicyclic) bond motifs is 1. The number of hydrogen-bond donors (Lipinski definition) is 1. The zero-order valence-corrected chi connectivity index (χ0v) is 14.9. The zero-order chi connectivity index (χ0) is 16.6. The van der Waals surface area contributed by atoms with Crippen LogP contribution in [0.25, 0.3) is 10.2 Å². The standard InChI is InChI=1S/C17H23N3O2S/c1-5-13-18-11(4)14-9(2)15(23-17(14)20-13)16(21)19-10(3)12-7-6-8-22-12/h10,12H,5-8H2,1-4H3,(H,19,21)/t10-,12+/m1/s1. The maximum absolute atomic E-state index is 12.7. The molecule has 1 aliphatic rings. The Morgan fingerprint density at radius 2 is 2.22 bits per heavy atom. The van der Waals surface area contributed by atoms with E-state index in [9.17, 15) is 4.79 Å². The monoisotopic (exact) mass is 333 g/mol. The lowest BCUT2D eigenvalue weighted by atomic mass is 10.1. The van der Waals surface area contributed by atoms with Crippen LogP contribution in [-0.2, 0) is 11.2 Å². The van der Waals surface area contributed by atoms with E-state index in [0.717, 1.165) is 58.0 Å². The summed E-state index contributed by atoms with van der Waals surface area (Å²) in [6.07, 6.45) is 3.01. The molecule has 124 valence electrons. The number of nitrogens with zero attached hydrogens (tertiary/aromatic N) is 2. The molecule has 2 aromatic rings. The molecule has 23 heavy (non-hydrogen) atoms. The van der Waals surface area contributed by atoms with Gasteiger partial charge >= 0.3 is 0 Å². The Morgan fingerprint density at radius 3 is 2.87 bits per heavy atom. The molecule has 0 saturated carbocycles. The number of thiophene rings is 1. The van der Waals surface area contributed by atoms with Gasteiger partial charge < -0.3 is 10.1 Å². The summed E-state index contributed by atoms with van der Waals surface area (Å²) >= 11 is 1.46. The third-order valence-corrected chi connectivity index (χ3v) is 5.61. The number of aromatic nitrogens is 2. The molecule has 2 atom stereocenters. The van der Waals surface area contributed by atoms with Gasteiger partial charge in [0.1, 0.15) is 10.7 Å². The van der Waals surface area contributed by atoms with Gasteiger partial charge in [-0.1, -0.05) is 6.92 Å². The summed E-state index contributed by atoms with van der Waals surface area (Å²) in [5.74, 6) is 0.793. The van der Waals surface area contributed by atoms with E-state index in [0.29, 0.717) is 0 Å². The Bertz CT molecular complexity index is 735. The summed E-state index contributed by atoms with van der Waals surface area (Å²) in [6, 6.07) is 0.0213. The fourth-order valence-corrected chi connectivity index (χ4v) is 4.29. The highest BCUT2D eigenvalue weighted by Gasteiger charge is 2.26. The molecule has 0 radical (unpaired) electrons. The smallest absolute Gasteiger partial charge is 0.262 e. The van der Waals surface area contributed by atoms with Crippen molar-refractivity contribution < 1.29 is 9.53 Å². The minimum atomic E-state index is -0.0362. The minimum absolute atomic E-state index is 0.0213. The first kappa shape index (κ1) is 16.3. The van der Waals surface area contributed by atoms with E-state index in [1.54, 1.807) is 0 Å². The third-order valence-electron chi connectivity index (χ3n) is 4.42. The van der Waals surface area contributed by atoms with Gasteiger partial charge in [0, 0.05) is 24.1 Å². The van der Waals surface area contributed by atoms with Gasteiger partial charge in [-0.25, -0.2) is 9.97 Å². The Morgan fingerprint density at radius 1 is 1.43 bits per heavy atom. The molecule has 0 aromatic carbocycles. The SMILES string of the molecule is CCc1nc(C)c2c(C)c(C(=O)N[C@H](C)[C@@H]3CCCO3)sc2n1. The van der Waals surface area contributed by atoms with Crippen LogP contribution < -0.4 is 5.32 Å². The molecule has 2 aromatic heterocycles. The molecule has 1 fully saturated rings. The van der Waals surface area contributed by atoms with Crippen molar-refractivity contribution in [2.24, 2.45) is 0 Å². The number of hydrogen-bond acceptors (Lipinski definition) is 5. The van der Waals surface area contributed by atoms with Gasteiger partial charge in [0.2, 0.25) is 0 Å². The molecule has 1 N–H and O–H groups in total. The van der Waals surface area contributed by atoms with Gasteiger partial charge in [0.25, 0.3) is 5.91 Å². The topological polar surface area (TPSA) is 64.1 Å². The quantitative estimate of drug-likeness (QED) is 0.933. The molecule has 1 amide bonds. The molecule has 5 nitrogen and oxygen atoms in total. The van der Waals surface area contributed by atoms with Crippen molar-refractivity contribution in [3.63, 3.8) is 0 Å². The van der Waals surface area contributed by atoms with Crippen LogP contribution in [-0.4, -0.2) is 34.6 Å². The first-order valence-electron chi connectivity index (χ1n) is 8.20. The minimum Gasteiger partial charge on any atom is -0.376 e. The molecule has 0 bridgehead atoms. The fraction of sp³-hybridized carbons (Fsp3) is 0.588. The predicted octanol–water partition coefficient (Wildman–Crippen LogP) is 3.17. The van der Waals surface area contributed by atoms with Crippen molar-refractivity contribution in [2.45, 2.75) is 59.1 Å². The Kier molecular flexibility index (Phi) is 4.64. The van der Waals surface area contributed by atoms with Crippen LogP contribution in [0.1, 0.15) is 53.4 Å². The third kappa shape index (κ3) is 3.10. The van der Waals surface area contributed by atoms with E-state index in [1.807, 2.05) is 27.7 Å². The van der Waals surface area contributed by atoms with Crippen LogP contribution in [0.15, 0.2) is 0 Å². The van der Waals surface area contributed by atoms with E-state index in [4.69, 9.17) is 4.74 Å². The largest absolute Gasteiger partial charge is 0.376 e. The molecular weight excluding hydrogens is 310 g/mol. The van der Waals surface area contributed by atoms with Crippen LogP contribution >= 0.6 is 11.3 Å². The van der Waals surface area contributed by atoms with Gasteiger partial charge in [-0.2, -0.15) is 0 Å². The molecule has 1 aliphatic heterocycles. The second kappa shape index (κ2) is 6.53. The Balaban J connectivity index is 1.88. The van der Waals surface area contributed by atoms with Crippen molar-refractivity contribution in [3.05, 3.63) is 22.0 Å². The second-order valence-corrected chi connectivity index (χ2v) is 7.13. The first-order valence-corrected chi connectivity index (χ1v) is 9.02. The van der Waals surface area contributed by atoms with Crippen molar-refractivity contribution in [3.8, 4) is 0 Å². The first-order chi connectivity index (χ1) is 11.0. The second-order valence-electron chi connectivity index (χ2n) is 6.13. The van der Waals surface area contributed by atoms with Crippen LogP contribution in [0.4, 0.5) is 0 Å². The number of nitrogens with one attached hydrogen (secondary N) is 1. The Hall–Kier alpha value is -1.53. The lowest BCUT2D eigenvalue weighted by molar-refractivity contribution is 0.0714. The molecule has 6 heteroatoms. The van der Waals surface area contributed by atoms with Crippen molar-refractivity contribution in [2.75, 3.05) is 6.61 Å². The zero-order valence-electron chi connectivity index (χ0n) is 14.1. The maximum Gasteiger partial charge on any atom is 0.262 e. The van der Waals surface area contributed by atoms with Gasteiger partial charge in [-0.3, -0.25) is 4.79 Å². The fourth-order valence-electron chi connectivity index (χ4n) is 3.13. The van der Waals surface area contributed by atoms with Gasteiger partial charge in [0.15, 0.2) is 0 Å². The normalized spacial score (nSPS) is 19.2. The molecule has 0 spiro atoms. The van der Waals surface area contributed by atoms with Crippen molar-refractivity contribution in [1.29, 1.82) is 0 Å². The van der Waals surface area contributed by atoms with Crippen LogP contribution in [0.2, 0.25) is 0 Å². The predicted molar refractivity (Wildman–Crippen MR) is 92.2 cm³/mol. The highest BCUT2D eigenvalue weighted by molar-refractivity contribution is 7.20. The molecule has 3 heterocycles. The summed E-state index contributed by atoms with van der Waals surface area (Å²) in [6.45, 7) is 8.81. The number of carbonyl (C=O) groups excluding carboxylic acids is 1. The van der Waals surface area contributed by atoms with E-state index in [-0.39, 0.29) is 18.1 Å². The number of aryl methyl sites for hydroxylation is 3. The van der Waals surface area contributed by atoms with Crippen LogP contribution in [0.5, 0.6) is 0 Å². The van der Waals surface area contributed by atoms with Crippen LogP contribution in [0, 0.1) is 13.8 Å². The van der Waals surface area contributed by atoms with Gasteiger partial charge in [-0.15, -0.1) is 11.3 Å². The maximum atomic E-state index is 12.7. The highest BCUT2D eigenvalue weighted by atomic mass is 32.1. The van der Waals surface area contributed by atoms with Crippen molar-refractivity contribution in [1.82, 2.24) is 15.3 Å². The van der Waals surface area contributed by atoms with E-state index in [1.165, 1.54) is 11.3 Å². The molecule has 1 saturated heterocycles. The van der Waals surface area contributed by atoms with E-state index < -0.39 is 0 Å². The van der Waals surface area contributed by atoms with Gasteiger partial charge in [-0.05, 0) is 39.2 Å². The van der Waals surface area contributed by atoms with E-state index in [2.05, 4.69) is 15.3 Å². The molecule has 3 rings (SSSR count). The molecule has 0 aliphatic carbocycles. The number of carbonyl (C=O) groups is 1. The Labute approximate surface area is 140 Å². The van der Waals surface area contributed by atoms with Crippen molar-refractivity contribution >= 4 is 27.5 Å². The molecular formula is C17H23N3O2S. The van der Waals surface area contributed by atoms with Crippen LogP contribution in [0.3, 0.4) is 0 Å². The summed E-state index contributed by atoms with van der Waals surface area (Å²) in [5.41, 5.74) is 1.93. The lowest BCUT2D eigenvalue weighted by Crippen LogP contribution is -2.40. The van der Waals surface area contributed by atoms with E-state index >= 15 is 0 Å². The number of ether oxygens (including phenoxy) is 1. The number of amides is 1.